The summed E-state index contributed by atoms with van der Waals surface area (Å²) in [7, 11) is 0. The van der Waals surface area contributed by atoms with E-state index in [4.69, 9.17) is 5.11 Å². The minimum atomic E-state index is -1.14. The van der Waals surface area contributed by atoms with Gasteiger partial charge in [-0.05, 0) is 32.1 Å². The maximum Gasteiger partial charge on any atom is 0.329 e. The summed E-state index contributed by atoms with van der Waals surface area (Å²) in [5, 5.41) is 16.5. The highest BCUT2D eigenvalue weighted by Crippen LogP contribution is 2.31. The van der Waals surface area contributed by atoms with Gasteiger partial charge in [-0.3, -0.25) is 4.79 Å². The van der Waals surface area contributed by atoms with Crippen LogP contribution in [0.3, 0.4) is 0 Å². The lowest BCUT2D eigenvalue weighted by Gasteiger charge is -2.38. The van der Waals surface area contributed by atoms with Gasteiger partial charge < -0.3 is 21.1 Å². The first-order chi connectivity index (χ1) is 8.52. The van der Waals surface area contributed by atoms with Crippen molar-refractivity contribution >= 4 is 17.9 Å². The van der Waals surface area contributed by atoms with Crippen LogP contribution in [0.5, 0.6) is 0 Å². The first kappa shape index (κ1) is 12.7. The fraction of sp³-hybridized carbons (Fsp3) is 0.727. The molecular weight excluding hydrogens is 238 g/mol. The van der Waals surface area contributed by atoms with Gasteiger partial charge in [-0.2, -0.15) is 0 Å². The molecule has 0 aromatic heterocycles. The molecule has 0 bridgehead atoms. The van der Waals surface area contributed by atoms with Crippen molar-refractivity contribution in [2.24, 2.45) is 0 Å². The van der Waals surface area contributed by atoms with E-state index in [0.29, 0.717) is 12.8 Å². The molecule has 0 radical (unpaired) electrons. The molecule has 2 fully saturated rings. The van der Waals surface area contributed by atoms with Gasteiger partial charge in [0.05, 0.1) is 6.54 Å². The number of rotatable bonds is 5. The van der Waals surface area contributed by atoms with Crippen molar-refractivity contribution < 1.29 is 19.5 Å². The molecule has 0 spiro atoms. The van der Waals surface area contributed by atoms with Crippen LogP contribution in [-0.2, 0) is 9.59 Å². The van der Waals surface area contributed by atoms with Crippen LogP contribution in [0.4, 0.5) is 4.79 Å². The molecular formula is C11H17N3O4. The summed E-state index contributed by atoms with van der Waals surface area (Å²) in [6.07, 6.45) is 3.63. The average Bonchev–Trinajstić information content (AvgIpc) is 3.04. The second-order valence-corrected chi connectivity index (χ2v) is 4.89. The van der Waals surface area contributed by atoms with E-state index in [2.05, 4.69) is 16.0 Å². The molecule has 7 heteroatoms. The highest BCUT2D eigenvalue weighted by molar-refractivity contribution is 5.89. The fourth-order valence-corrected chi connectivity index (χ4v) is 1.85. The normalized spacial score (nSPS) is 20.4. The van der Waals surface area contributed by atoms with Gasteiger partial charge in [0.25, 0.3) is 0 Å². The number of carbonyl (C=O) groups is 3. The molecule has 0 atom stereocenters. The molecule has 2 saturated carbocycles. The lowest BCUT2D eigenvalue weighted by molar-refractivity contribution is -0.148. The molecule has 0 aromatic carbocycles. The first-order valence-corrected chi connectivity index (χ1v) is 6.11. The SMILES string of the molecule is O=C(CNC(=O)NC1(C(=O)O)CCC1)NC1CC1. The number of carboxylic acids is 1. The van der Waals surface area contributed by atoms with E-state index < -0.39 is 17.5 Å². The maximum atomic E-state index is 11.5. The summed E-state index contributed by atoms with van der Waals surface area (Å²) >= 11 is 0. The number of aliphatic carboxylic acids is 1. The Balaban J connectivity index is 1.70. The second kappa shape index (κ2) is 4.83. The Labute approximate surface area is 104 Å². The summed E-state index contributed by atoms with van der Waals surface area (Å²) in [6, 6.07) is -0.359. The maximum absolute atomic E-state index is 11.5. The number of amides is 3. The molecule has 0 aliphatic heterocycles. The molecule has 3 amide bonds. The predicted molar refractivity (Wildman–Crippen MR) is 61.9 cm³/mol. The Hall–Kier alpha value is -1.79. The predicted octanol–water partition coefficient (Wildman–Crippen LogP) is -0.429. The van der Waals surface area contributed by atoms with Crippen molar-refractivity contribution in [3.8, 4) is 0 Å². The zero-order valence-corrected chi connectivity index (χ0v) is 9.99. The van der Waals surface area contributed by atoms with Crippen LogP contribution in [0.25, 0.3) is 0 Å². The van der Waals surface area contributed by atoms with Gasteiger partial charge in [-0.1, -0.05) is 0 Å². The zero-order valence-electron chi connectivity index (χ0n) is 9.99. The topological polar surface area (TPSA) is 108 Å². The largest absolute Gasteiger partial charge is 0.480 e. The minimum absolute atomic E-state index is 0.127. The lowest BCUT2D eigenvalue weighted by Crippen LogP contribution is -2.61. The van der Waals surface area contributed by atoms with E-state index in [-0.39, 0.29) is 18.5 Å². The second-order valence-electron chi connectivity index (χ2n) is 4.89. The molecule has 2 rings (SSSR count). The van der Waals surface area contributed by atoms with Crippen LogP contribution in [-0.4, -0.2) is 41.1 Å². The third-order valence-corrected chi connectivity index (χ3v) is 3.32. The number of urea groups is 1. The number of hydrogen-bond acceptors (Lipinski definition) is 3. The van der Waals surface area contributed by atoms with Gasteiger partial charge in [-0.15, -0.1) is 0 Å². The van der Waals surface area contributed by atoms with E-state index >= 15 is 0 Å². The van der Waals surface area contributed by atoms with E-state index in [1.807, 2.05) is 0 Å². The van der Waals surface area contributed by atoms with Crippen LogP contribution in [0.1, 0.15) is 32.1 Å². The molecule has 2 aliphatic carbocycles. The van der Waals surface area contributed by atoms with Gasteiger partial charge in [0.2, 0.25) is 5.91 Å². The van der Waals surface area contributed by atoms with Gasteiger partial charge in [0.1, 0.15) is 5.54 Å². The van der Waals surface area contributed by atoms with Crippen LogP contribution < -0.4 is 16.0 Å². The Morgan fingerprint density at radius 2 is 1.89 bits per heavy atom. The lowest BCUT2D eigenvalue weighted by atomic mass is 9.77. The zero-order chi connectivity index (χ0) is 13.2. The van der Waals surface area contributed by atoms with E-state index in [9.17, 15) is 14.4 Å². The molecule has 2 aliphatic rings. The van der Waals surface area contributed by atoms with Crippen molar-refractivity contribution in [3.05, 3.63) is 0 Å². The number of carboxylic acid groups (broad SMARTS) is 1. The van der Waals surface area contributed by atoms with Crippen LogP contribution in [0, 0.1) is 0 Å². The Kier molecular flexibility index (Phi) is 3.40. The van der Waals surface area contributed by atoms with Crippen molar-refractivity contribution in [1.82, 2.24) is 16.0 Å². The Bertz CT molecular complexity index is 374. The smallest absolute Gasteiger partial charge is 0.329 e. The summed E-state index contributed by atoms with van der Waals surface area (Å²) in [5.74, 6) is -1.27. The summed E-state index contributed by atoms with van der Waals surface area (Å²) < 4.78 is 0. The molecule has 18 heavy (non-hydrogen) atoms. The van der Waals surface area contributed by atoms with Crippen LogP contribution >= 0.6 is 0 Å². The summed E-state index contributed by atoms with van der Waals surface area (Å²) in [6.45, 7) is -0.127. The quantitative estimate of drug-likeness (QED) is 0.534. The van der Waals surface area contributed by atoms with Gasteiger partial charge in [0.15, 0.2) is 0 Å². The van der Waals surface area contributed by atoms with Crippen LogP contribution in [0.15, 0.2) is 0 Å². The molecule has 0 heterocycles. The molecule has 100 valence electrons. The van der Waals surface area contributed by atoms with E-state index in [1.165, 1.54) is 0 Å². The number of nitrogens with one attached hydrogen (secondary N) is 3. The van der Waals surface area contributed by atoms with Crippen LogP contribution in [0.2, 0.25) is 0 Å². The summed E-state index contributed by atoms with van der Waals surface area (Å²) in [4.78, 5) is 33.8. The molecule has 4 N–H and O–H groups in total. The van der Waals surface area contributed by atoms with Crippen molar-refractivity contribution in [1.29, 1.82) is 0 Å². The standard InChI is InChI=1S/C11H17N3O4/c15-8(13-7-2-3-7)6-12-10(18)14-11(9(16)17)4-1-5-11/h7H,1-6H2,(H,13,15)(H,16,17)(H2,12,14,18). The Morgan fingerprint density at radius 3 is 2.33 bits per heavy atom. The molecule has 0 unspecified atom stereocenters. The molecule has 0 saturated heterocycles. The van der Waals surface area contributed by atoms with Gasteiger partial charge in [0, 0.05) is 6.04 Å². The Morgan fingerprint density at radius 1 is 1.22 bits per heavy atom. The monoisotopic (exact) mass is 255 g/mol. The van der Waals surface area contributed by atoms with Crippen molar-refractivity contribution in [3.63, 3.8) is 0 Å². The molecule has 0 aromatic rings. The third-order valence-electron chi connectivity index (χ3n) is 3.32. The van der Waals surface area contributed by atoms with Crippen molar-refractivity contribution in [2.75, 3.05) is 6.54 Å². The van der Waals surface area contributed by atoms with E-state index in [0.717, 1.165) is 19.3 Å². The van der Waals surface area contributed by atoms with E-state index in [1.54, 1.807) is 0 Å². The summed E-state index contributed by atoms with van der Waals surface area (Å²) in [5.41, 5.74) is -1.14. The first-order valence-electron chi connectivity index (χ1n) is 6.11. The highest BCUT2D eigenvalue weighted by Gasteiger charge is 2.45. The number of hydrogen-bond donors (Lipinski definition) is 4. The number of carbonyl (C=O) groups excluding carboxylic acids is 2. The fourth-order valence-electron chi connectivity index (χ4n) is 1.85. The third kappa shape index (κ3) is 2.91. The van der Waals surface area contributed by atoms with Crippen molar-refractivity contribution in [2.45, 2.75) is 43.7 Å². The minimum Gasteiger partial charge on any atom is -0.480 e. The highest BCUT2D eigenvalue weighted by atomic mass is 16.4. The van der Waals surface area contributed by atoms with Gasteiger partial charge in [-0.25, -0.2) is 9.59 Å². The van der Waals surface area contributed by atoms with Gasteiger partial charge >= 0.3 is 12.0 Å². The molecule has 7 nitrogen and oxygen atoms in total. The average molecular weight is 255 g/mol.